The van der Waals surface area contributed by atoms with Gasteiger partial charge in [0.05, 0.1) is 0 Å². The van der Waals surface area contributed by atoms with Crippen molar-refractivity contribution in [2.45, 2.75) is 72.3 Å². The number of ether oxygens (including phenoxy) is 3. The molecule has 0 saturated carbocycles. The van der Waals surface area contributed by atoms with Gasteiger partial charge in [-0.2, -0.15) is 9.36 Å². The highest BCUT2D eigenvalue weighted by molar-refractivity contribution is 7.10. The van der Waals surface area contributed by atoms with E-state index in [0.29, 0.717) is 38.3 Å². The number of nitrogens with one attached hydrogen (secondary N) is 4. The summed E-state index contributed by atoms with van der Waals surface area (Å²) in [6.07, 6.45) is -0.580. The van der Waals surface area contributed by atoms with Gasteiger partial charge < -0.3 is 39.7 Å². The van der Waals surface area contributed by atoms with Crippen LogP contribution in [-0.4, -0.2) is 86.7 Å². The second-order valence-electron chi connectivity index (χ2n) is 11.8. The number of carboxylic acids is 1. The highest BCUT2D eigenvalue weighted by atomic mass is 32.1. The van der Waals surface area contributed by atoms with Gasteiger partial charge in [-0.05, 0) is 71.2 Å². The summed E-state index contributed by atoms with van der Waals surface area (Å²) in [5.74, 6) is -0.749. The van der Waals surface area contributed by atoms with E-state index >= 15 is 0 Å². The topological polar surface area (TPSA) is 210 Å². The number of benzene rings is 1. The number of rotatable bonds is 12. The lowest BCUT2D eigenvalue weighted by molar-refractivity contribution is -0.129. The van der Waals surface area contributed by atoms with Gasteiger partial charge in [0.25, 0.3) is 0 Å². The first kappa shape index (κ1) is 34.8. The Balaban J connectivity index is 1.40. The second kappa shape index (κ2) is 15.4. The lowest BCUT2D eigenvalue weighted by Crippen LogP contribution is -2.39. The van der Waals surface area contributed by atoms with E-state index in [1.807, 2.05) is 23.1 Å². The Labute approximate surface area is 265 Å². The van der Waals surface area contributed by atoms with E-state index in [1.165, 1.54) is 0 Å². The minimum Gasteiger partial charge on any atom is -0.490 e. The number of fused-ring (bicyclic) bond motifs is 1. The molecule has 1 aliphatic rings. The van der Waals surface area contributed by atoms with Crippen LogP contribution in [0, 0.1) is 5.41 Å². The van der Waals surface area contributed by atoms with Gasteiger partial charge in [-0.3, -0.25) is 10.7 Å². The predicted octanol–water partition coefficient (Wildman–Crippen LogP) is 3.52. The first-order chi connectivity index (χ1) is 21.1. The summed E-state index contributed by atoms with van der Waals surface area (Å²) in [6.45, 7) is 12.6. The van der Waals surface area contributed by atoms with Crippen LogP contribution in [0.5, 0.6) is 5.75 Å². The Morgan fingerprint density at radius 3 is 2.36 bits per heavy atom. The number of aromatic nitrogens is 2. The zero-order valence-corrected chi connectivity index (χ0v) is 27.0. The number of nitrogens with zero attached hydrogens (tertiary/aromatic N) is 4. The second-order valence-corrected chi connectivity index (χ2v) is 12.6. The maximum Gasteiger partial charge on any atom is 0.414 e. The Kier molecular flexibility index (Phi) is 11.9. The lowest BCUT2D eigenvalue weighted by atomic mass is 10.1. The van der Waals surface area contributed by atoms with Crippen LogP contribution in [0.4, 0.5) is 14.7 Å². The van der Waals surface area contributed by atoms with Crippen molar-refractivity contribution in [1.29, 1.82) is 5.41 Å². The molecule has 1 aliphatic heterocycles. The van der Waals surface area contributed by atoms with E-state index in [1.54, 1.807) is 41.5 Å². The van der Waals surface area contributed by atoms with Crippen LogP contribution in [-0.2, 0) is 32.2 Å². The van der Waals surface area contributed by atoms with Crippen molar-refractivity contribution in [3.8, 4) is 5.75 Å². The summed E-state index contributed by atoms with van der Waals surface area (Å²) in [5, 5.41) is 29.7. The summed E-state index contributed by atoms with van der Waals surface area (Å²) in [6, 6.07) is 5.63. The minimum atomic E-state index is -1.40. The Morgan fingerprint density at radius 1 is 1.00 bits per heavy atom. The average Bonchev–Trinajstić information content (AvgIpc) is 3.54. The number of carboxylic acid groups (broad SMARTS) is 1. The third-order valence-corrected chi connectivity index (χ3v) is 6.21. The fourth-order valence-corrected chi connectivity index (χ4v) is 4.33. The summed E-state index contributed by atoms with van der Waals surface area (Å²) in [5.41, 5.74) is 0.295. The van der Waals surface area contributed by atoms with Gasteiger partial charge >= 0.3 is 18.2 Å². The average molecular weight is 649 g/mol. The standard InChI is InChI=1S/C28H40N8O8S/c1-27(2,3)43-25(39)31-11-7-10-30-23(29)36-15-17-8-9-19(14-18(17)16-36)41-12-13-42-34-20(22(37)38)21-32-24(45-35-21)33-26(40)44-28(4,5)6/h8-9,14H,7,10-13,15-16H2,1-6H3,(H2,29,30)(H,31,39)(H,37,38)(H,32,33,35,40)/b34-20-. The minimum absolute atomic E-state index is 0.0465. The van der Waals surface area contributed by atoms with Crippen LogP contribution in [0.2, 0.25) is 0 Å². The molecule has 0 bridgehead atoms. The van der Waals surface area contributed by atoms with Gasteiger partial charge in [0.2, 0.25) is 16.7 Å². The zero-order valence-electron chi connectivity index (χ0n) is 26.2. The first-order valence-corrected chi connectivity index (χ1v) is 14.9. The normalized spacial score (nSPS) is 13.0. The van der Waals surface area contributed by atoms with Gasteiger partial charge in [0.1, 0.15) is 23.6 Å². The molecule has 45 heavy (non-hydrogen) atoms. The van der Waals surface area contributed by atoms with Gasteiger partial charge in [0, 0.05) is 37.7 Å². The molecule has 3 rings (SSSR count). The molecule has 16 nitrogen and oxygen atoms in total. The summed E-state index contributed by atoms with van der Waals surface area (Å²) >= 11 is 0.774. The molecular weight excluding hydrogens is 608 g/mol. The number of hydrogen-bond acceptors (Lipinski definition) is 12. The third kappa shape index (κ3) is 12.1. The number of carbonyl (C=O) groups excluding carboxylic acids is 2. The quantitative estimate of drug-likeness (QED) is 0.0969. The molecule has 2 aromatic rings. The van der Waals surface area contributed by atoms with Crippen molar-refractivity contribution in [2.24, 2.45) is 5.16 Å². The molecule has 0 atom stereocenters. The Bertz CT molecular complexity index is 1400. The SMILES string of the molecule is CC(C)(C)OC(=O)NCCCNC(=N)N1Cc2ccc(OCCO/N=C(\C(=O)O)c3nsc(NC(=O)OC(C)(C)C)n3)cc2C1. The first-order valence-electron chi connectivity index (χ1n) is 14.2. The van der Waals surface area contributed by atoms with Crippen LogP contribution in [0.3, 0.4) is 0 Å². The number of hydrogen-bond donors (Lipinski definition) is 5. The maximum absolute atomic E-state index is 11.9. The molecular formula is C28H40N8O8S. The molecule has 0 radical (unpaired) electrons. The van der Waals surface area contributed by atoms with Gasteiger partial charge in [-0.25, -0.2) is 14.4 Å². The molecule has 5 N–H and O–H groups in total. The fourth-order valence-electron chi connectivity index (χ4n) is 3.77. The van der Waals surface area contributed by atoms with E-state index in [2.05, 4.69) is 30.5 Å². The van der Waals surface area contributed by atoms with Crippen LogP contribution in [0.1, 0.15) is 64.9 Å². The fraction of sp³-hybridized carbons (Fsp3) is 0.536. The highest BCUT2D eigenvalue weighted by Crippen LogP contribution is 2.26. The number of anilines is 1. The molecule has 17 heteroatoms. The Morgan fingerprint density at radius 2 is 1.67 bits per heavy atom. The zero-order chi connectivity index (χ0) is 33.2. The third-order valence-electron chi connectivity index (χ3n) is 5.58. The smallest absolute Gasteiger partial charge is 0.414 e. The highest BCUT2D eigenvalue weighted by Gasteiger charge is 2.23. The number of carbonyl (C=O) groups is 3. The van der Waals surface area contributed by atoms with Gasteiger partial charge in [-0.15, -0.1) is 0 Å². The summed E-state index contributed by atoms with van der Waals surface area (Å²) in [7, 11) is 0. The number of oxime groups is 1. The molecule has 0 spiro atoms. The molecule has 1 aromatic carbocycles. The number of guanidine groups is 1. The van der Waals surface area contributed by atoms with Gasteiger partial charge in [0.15, 0.2) is 12.6 Å². The monoisotopic (exact) mass is 648 g/mol. The van der Waals surface area contributed by atoms with E-state index in [0.717, 1.165) is 22.7 Å². The molecule has 2 heterocycles. The number of alkyl carbamates (subject to hydrolysis) is 1. The predicted molar refractivity (Wildman–Crippen MR) is 166 cm³/mol. The molecule has 0 aliphatic carbocycles. The van der Waals surface area contributed by atoms with Crippen molar-refractivity contribution >= 4 is 46.5 Å². The maximum atomic E-state index is 11.9. The largest absolute Gasteiger partial charge is 0.490 e. The van der Waals surface area contributed by atoms with Crippen molar-refractivity contribution in [1.82, 2.24) is 24.9 Å². The molecule has 0 unspecified atom stereocenters. The summed E-state index contributed by atoms with van der Waals surface area (Å²) < 4.78 is 20.0. The lowest BCUT2D eigenvalue weighted by Gasteiger charge is -2.20. The van der Waals surface area contributed by atoms with Crippen molar-refractivity contribution in [3.05, 3.63) is 35.2 Å². The van der Waals surface area contributed by atoms with E-state index in [4.69, 9.17) is 24.5 Å². The van der Waals surface area contributed by atoms with Crippen molar-refractivity contribution in [3.63, 3.8) is 0 Å². The Hall–Kier alpha value is -4.67. The van der Waals surface area contributed by atoms with Crippen molar-refractivity contribution in [2.75, 3.05) is 31.6 Å². The van der Waals surface area contributed by atoms with E-state index in [9.17, 15) is 19.5 Å². The molecule has 0 saturated heterocycles. The molecule has 1 aromatic heterocycles. The van der Waals surface area contributed by atoms with Crippen LogP contribution in [0.25, 0.3) is 0 Å². The van der Waals surface area contributed by atoms with Gasteiger partial charge in [-0.1, -0.05) is 11.2 Å². The van der Waals surface area contributed by atoms with Crippen LogP contribution in [0.15, 0.2) is 23.4 Å². The molecule has 2 amide bonds. The van der Waals surface area contributed by atoms with E-state index in [-0.39, 0.29) is 30.1 Å². The van der Waals surface area contributed by atoms with Crippen LogP contribution < -0.4 is 20.7 Å². The summed E-state index contributed by atoms with van der Waals surface area (Å²) in [4.78, 5) is 46.3. The number of amides is 2. The van der Waals surface area contributed by atoms with E-state index < -0.39 is 35.1 Å². The number of aliphatic carboxylic acids is 1. The van der Waals surface area contributed by atoms with Crippen molar-refractivity contribution < 1.29 is 38.5 Å². The molecule has 0 fully saturated rings. The van der Waals surface area contributed by atoms with Crippen LogP contribution >= 0.6 is 11.5 Å². The molecule has 246 valence electrons.